The second kappa shape index (κ2) is 4.60. The minimum atomic E-state index is -0.295. The molecule has 0 N–H and O–H groups in total. The lowest BCUT2D eigenvalue weighted by molar-refractivity contribution is -0.0895. The first-order valence-electron chi connectivity index (χ1n) is 5.31. The number of nitrogens with zero attached hydrogens (tertiary/aromatic N) is 3. The van der Waals surface area contributed by atoms with Crippen molar-refractivity contribution in [3.63, 3.8) is 0 Å². The third-order valence-corrected chi connectivity index (χ3v) is 2.74. The fraction of sp³-hybridized carbons (Fsp3) is 0.500. The van der Waals surface area contributed by atoms with Crippen molar-refractivity contribution in [3.8, 4) is 6.07 Å². The summed E-state index contributed by atoms with van der Waals surface area (Å²) in [7, 11) is 2.02. The first-order chi connectivity index (χ1) is 7.74. The zero-order valence-corrected chi connectivity index (χ0v) is 9.39. The van der Waals surface area contributed by atoms with Crippen LogP contribution >= 0.6 is 0 Å². The maximum Gasteiger partial charge on any atom is 0.116 e. The zero-order valence-electron chi connectivity index (χ0n) is 9.39. The summed E-state index contributed by atoms with van der Waals surface area (Å²) in [5.74, 6) is 0. The average molecular weight is 217 g/mol. The van der Waals surface area contributed by atoms with E-state index in [1.54, 1.807) is 6.20 Å². The van der Waals surface area contributed by atoms with Crippen LogP contribution < -0.4 is 0 Å². The molecular weight excluding hydrogens is 202 g/mol. The van der Waals surface area contributed by atoms with Crippen molar-refractivity contribution in [1.82, 2.24) is 9.88 Å². The van der Waals surface area contributed by atoms with Crippen LogP contribution in [-0.4, -0.2) is 36.7 Å². The normalized spacial score (nSPS) is 17.8. The van der Waals surface area contributed by atoms with E-state index in [0.717, 1.165) is 13.1 Å². The smallest absolute Gasteiger partial charge is 0.116 e. The van der Waals surface area contributed by atoms with Crippen molar-refractivity contribution in [2.45, 2.75) is 6.54 Å². The minimum absolute atomic E-state index is 0.295. The monoisotopic (exact) mass is 217 g/mol. The van der Waals surface area contributed by atoms with E-state index >= 15 is 0 Å². The topological polar surface area (TPSA) is 49.2 Å². The molecule has 1 aromatic heterocycles. The van der Waals surface area contributed by atoms with E-state index < -0.39 is 0 Å². The third-order valence-electron chi connectivity index (χ3n) is 2.74. The van der Waals surface area contributed by atoms with Crippen LogP contribution in [0, 0.1) is 16.7 Å². The molecule has 0 aliphatic carbocycles. The van der Waals surface area contributed by atoms with Gasteiger partial charge in [0.1, 0.15) is 5.41 Å². The summed E-state index contributed by atoms with van der Waals surface area (Å²) in [6.45, 7) is 2.68. The molecule has 2 heterocycles. The van der Waals surface area contributed by atoms with Gasteiger partial charge in [-0.05, 0) is 18.7 Å². The van der Waals surface area contributed by atoms with Crippen molar-refractivity contribution >= 4 is 0 Å². The Bertz CT molecular complexity index is 381. The summed E-state index contributed by atoms with van der Waals surface area (Å²) in [5, 5.41) is 9.08. The molecule has 1 fully saturated rings. The van der Waals surface area contributed by atoms with Gasteiger partial charge in [0.25, 0.3) is 0 Å². The summed E-state index contributed by atoms with van der Waals surface area (Å²) in [5.41, 5.74) is 0.870. The number of aromatic nitrogens is 1. The van der Waals surface area contributed by atoms with Crippen LogP contribution in [0.25, 0.3) is 0 Å². The van der Waals surface area contributed by atoms with Crippen molar-refractivity contribution in [1.29, 1.82) is 5.26 Å². The van der Waals surface area contributed by atoms with Gasteiger partial charge in [-0.25, -0.2) is 0 Å². The van der Waals surface area contributed by atoms with Crippen LogP contribution in [-0.2, 0) is 11.3 Å². The number of hydrogen-bond donors (Lipinski definition) is 0. The van der Waals surface area contributed by atoms with Crippen LogP contribution in [0.15, 0.2) is 24.5 Å². The number of hydrogen-bond acceptors (Lipinski definition) is 4. The summed E-state index contributed by atoms with van der Waals surface area (Å²) in [6.07, 6.45) is 3.62. The van der Waals surface area contributed by atoms with Crippen LogP contribution in [0.5, 0.6) is 0 Å². The highest BCUT2D eigenvalue weighted by molar-refractivity contribution is 5.10. The van der Waals surface area contributed by atoms with Gasteiger partial charge >= 0.3 is 0 Å². The van der Waals surface area contributed by atoms with Gasteiger partial charge in [-0.1, -0.05) is 6.07 Å². The van der Waals surface area contributed by atoms with E-state index in [1.807, 2.05) is 25.4 Å². The maximum atomic E-state index is 9.08. The number of pyridine rings is 1. The lowest BCUT2D eigenvalue weighted by Gasteiger charge is -2.37. The SMILES string of the molecule is CN(Cc1cccnc1)CC1(C#N)COC1. The molecular formula is C12H15N3O. The number of nitriles is 1. The molecule has 0 aromatic carbocycles. The van der Waals surface area contributed by atoms with E-state index in [2.05, 4.69) is 16.0 Å². The van der Waals surface area contributed by atoms with Crippen molar-refractivity contribution in [2.24, 2.45) is 5.41 Å². The molecule has 1 aliphatic heterocycles. The Morgan fingerprint density at radius 1 is 1.62 bits per heavy atom. The number of ether oxygens (including phenoxy) is 1. The fourth-order valence-corrected chi connectivity index (χ4v) is 1.92. The fourth-order valence-electron chi connectivity index (χ4n) is 1.92. The molecule has 84 valence electrons. The molecule has 0 atom stereocenters. The summed E-state index contributed by atoms with van der Waals surface area (Å²) in [6, 6.07) is 6.32. The van der Waals surface area contributed by atoms with Crippen LogP contribution in [0.1, 0.15) is 5.56 Å². The van der Waals surface area contributed by atoms with Crippen molar-refractivity contribution < 1.29 is 4.74 Å². The molecule has 0 amide bonds. The Kier molecular flexibility index (Phi) is 3.18. The van der Waals surface area contributed by atoms with Gasteiger partial charge in [-0.3, -0.25) is 4.98 Å². The highest BCUT2D eigenvalue weighted by Crippen LogP contribution is 2.27. The van der Waals surface area contributed by atoms with E-state index in [0.29, 0.717) is 13.2 Å². The molecule has 0 saturated carbocycles. The molecule has 0 radical (unpaired) electrons. The maximum absolute atomic E-state index is 9.08. The van der Waals surface area contributed by atoms with Crippen LogP contribution in [0.2, 0.25) is 0 Å². The molecule has 2 rings (SSSR count). The molecule has 1 saturated heterocycles. The molecule has 1 aliphatic rings. The Morgan fingerprint density at radius 2 is 2.44 bits per heavy atom. The number of rotatable bonds is 4. The second-order valence-electron chi connectivity index (χ2n) is 4.42. The standard InChI is InChI=1S/C12H15N3O/c1-15(6-11-3-2-4-14-5-11)8-12(7-13)9-16-10-12/h2-5H,6,8-10H2,1H3. The molecule has 4 heteroatoms. The second-order valence-corrected chi connectivity index (χ2v) is 4.42. The quantitative estimate of drug-likeness (QED) is 0.756. The lowest BCUT2D eigenvalue weighted by Crippen LogP contribution is -2.48. The highest BCUT2D eigenvalue weighted by Gasteiger charge is 2.39. The Morgan fingerprint density at radius 3 is 2.94 bits per heavy atom. The Hall–Kier alpha value is -1.44. The summed E-state index contributed by atoms with van der Waals surface area (Å²) < 4.78 is 5.12. The summed E-state index contributed by atoms with van der Waals surface area (Å²) >= 11 is 0. The predicted molar refractivity (Wildman–Crippen MR) is 59.4 cm³/mol. The highest BCUT2D eigenvalue weighted by atomic mass is 16.5. The predicted octanol–water partition coefficient (Wildman–Crippen LogP) is 1.05. The molecule has 0 bridgehead atoms. The third kappa shape index (κ3) is 2.38. The average Bonchev–Trinajstić information content (AvgIpc) is 2.25. The zero-order chi connectivity index (χ0) is 11.4. The minimum Gasteiger partial charge on any atom is -0.378 e. The molecule has 4 nitrogen and oxygen atoms in total. The van der Waals surface area contributed by atoms with Crippen LogP contribution in [0.3, 0.4) is 0 Å². The van der Waals surface area contributed by atoms with Crippen molar-refractivity contribution in [3.05, 3.63) is 30.1 Å². The van der Waals surface area contributed by atoms with Gasteiger partial charge in [0.05, 0.1) is 19.3 Å². The van der Waals surface area contributed by atoms with Gasteiger partial charge in [0.15, 0.2) is 0 Å². The van der Waals surface area contributed by atoms with Gasteiger partial charge in [-0.2, -0.15) is 5.26 Å². The molecule has 0 unspecified atom stereocenters. The van der Waals surface area contributed by atoms with E-state index in [9.17, 15) is 0 Å². The van der Waals surface area contributed by atoms with Gasteiger partial charge < -0.3 is 9.64 Å². The summed E-state index contributed by atoms with van der Waals surface area (Å²) in [4.78, 5) is 6.21. The molecule has 0 spiro atoms. The first-order valence-corrected chi connectivity index (χ1v) is 5.31. The van der Waals surface area contributed by atoms with Gasteiger partial charge in [0.2, 0.25) is 0 Å². The first kappa shape index (κ1) is 11.1. The largest absolute Gasteiger partial charge is 0.378 e. The molecule has 1 aromatic rings. The van der Waals surface area contributed by atoms with E-state index in [1.165, 1.54) is 5.56 Å². The Balaban J connectivity index is 1.90. The van der Waals surface area contributed by atoms with Crippen molar-refractivity contribution in [2.75, 3.05) is 26.8 Å². The van der Waals surface area contributed by atoms with Gasteiger partial charge in [-0.15, -0.1) is 0 Å². The molecule has 16 heavy (non-hydrogen) atoms. The van der Waals surface area contributed by atoms with Crippen LogP contribution in [0.4, 0.5) is 0 Å². The van der Waals surface area contributed by atoms with E-state index in [4.69, 9.17) is 10.00 Å². The van der Waals surface area contributed by atoms with Gasteiger partial charge in [0, 0.05) is 25.5 Å². The van der Waals surface area contributed by atoms with E-state index in [-0.39, 0.29) is 5.41 Å². The lowest BCUT2D eigenvalue weighted by atomic mass is 9.87. The Labute approximate surface area is 95.5 Å².